The maximum Gasteiger partial charge on any atom is 0.251 e. The van der Waals surface area contributed by atoms with E-state index in [0.29, 0.717) is 13.1 Å². The van der Waals surface area contributed by atoms with Crippen LogP contribution in [0.3, 0.4) is 0 Å². The maximum atomic E-state index is 12.3. The Morgan fingerprint density at radius 2 is 2.26 bits per heavy atom. The zero-order valence-corrected chi connectivity index (χ0v) is 11.8. The highest BCUT2D eigenvalue weighted by Crippen LogP contribution is 2.37. The highest BCUT2D eigenvalue weighted by molar-refractivity contribution is 5.85. The molecule has 1 rings (SSSR count). The normalized spacial score (nSPS) is 27.4. The molecule has 3 N–H and O–H groups in total. The smallest absolute Gasteiger partial charge is 0.251 e. The Kier molecular flexibility index (Phi) is 6.13. The number of carbonyl (C=O) groups excluding carboxylic acids is 1. The van der Waals surface area contributed by atoms with Crippen molar-refractivity contribution in [1.82, 2.24) is 10.2 Å². The molecule has 19 heavy (non-hydrogen) atoms. The van der Waals surface area contributed by atoms with Crippen LogP contribution in [0.25, 0.3) is 0 Å². The van der Waals surface area contributed by atoms with E-state index in [2.05, 4.69) is 5.32 Å². The number of alkyl halides is 2. The molecule has 0 saturated heterocycles. The van der Waals surface area contributed by atoms with Crippen molar-refractivity contribution in [2.24, 2.45) is 11.7 Å². The van der Waals surface area contributed by atoms with Crippen LogP contribution in [-0.2, 0) is 4.79 Å². The molecular weight excluding hydrogens is 252 g/mol. The van der Waals surface area contributed by atoms with Crippen LogP contribution in [-0.4, -0.2) is 49.5 Å². The Morgan fingerprint density at radius 3 is 2.79 bits per heavy atom. The summed E-state index contributed by atoms with van der Waals surface area (Å²) in [5, 5.41) is 3.23. The number of primary amides is 1. The minimum atomic E-state index is -2.32. The third kappa shape index (κ3) is 4.11. The number of hydrogen-bond acceptors (Lipinski definition) is 3. The summed E-state index contributed by atoms with van der Waals surface area (Å²) < 4.78 is 24.5. The van der Waals surface area contributed by atoms with Crippen LogP contribution in [0, 0.1) is 5.92 Å². The molecule has 0 radical (unpaired) electrons. The number of rotatable bonds is 8. The van der Waals surface area contributed by atoms with Crippen LogP contribution in [0.4, 0.5) is 8.78 Å². The van der Waals surface area contributed by atoms with E-state index in [-0.39, 0.29) is 18.4 Å². The molecule has 6 heteroatoms. The summed E-state index contributed by atoms with van der Waals surface area (Å²) in [4.78, 5) is 13.4. The van der Waals surface area contributed by atoms with E-state index in [1.807, 2.05) is 6.92 Å². The number of carbonyl (C=O) groups is 1. The molecule has 2 atom stereocenters. The SMILES string of the molecule is CCNC1(C(N)=O)CCCC1CCN(C)CC(F)F. The van der Waals surface area contributed by atoms with Gasteiger partial charge in [-0.05, 0) is 45.3 Å². The fraction of sp³-hybridized carbons (Fsp3) is 0.923. The van der Waals surface area contributed by atoms with Crippen molar-refractivity contribution in [3.63, 3.8) is 0 Å². The third-order valence-electron chi connectivity index (χ3n) is 4.06. The van der Waals surface area contributed by atoms with Crippen molar-refractivity contribution in [3.05, 3.63) is 0 Å². The van der Waals surface area contributed by atoms with Gasteiger partial charge >= 0.3 is 0 Å². The Labute approximate surface area is 113 Å². The van der Waals surface area contributed by atoms with Crippen LogP contribution in [0.15, 0.2) is 0 Å². The van der Waals surface area contributed by atoms with E-state index < -0.39 is 12.0 Å². The zero-order chi connectivity index (χ0) is 14.5. The molecular formula is C13H25F2N3O. The second-order valence-corrected chi connectivity index (χ2v) is 5.40. The summed E-state index contributed by atoms with van der Waals surface area (Å²) in [6.45, 7) is 2.97. The molecule has 0 bridgehead atoms. The van der Waals surface area contributed by atoms with E-state index >= 15 is 0 Å². The number of nitrogens with two attached hydrogens (primary N) is 1. The summed E-state index contributed by atoms with van der Waals surface area (Å²) in [6.07, 6.45) is 1.04. The molecule has 1 aliphatic carbocycles. The number of nitrogens with one attached hydrogen (secondary N) is 1. The molecule has 0 heterocycles. The van der Waals surface area contributed by atoms with Crippen LogP contribution >= 0.6 is 0 Å². The average Bonchev–Trinajstić information content (AvgIpc) is 2.70. The molecule has 0 spiro atoms. The second kappa shape index (κ2) is 7.14. The van der Waals surface area contributed by atoms with Gasteiger partial charge in [0.25, 0.3) is 6.43 Å². The molecule has 1 fully saturated rings. The van der Waals surface area contributed by atoms with Gasteiger partial charge in [-0.3, -0.25) is 4.79 Å². The lowest BCUT2D eigenvalue weighted by molar-refractivity contribution is -0.126. The predicted molar refractivity (Wildman–Crippen MR) is 71.1 cm³/mol. The minimum Gasteiger partial charge on any atom is -0.368 e. The third-order valence-corrected chi connectivity index (χ3v) is 4.06. The Bertz CT molecular complexity index is 302. The fourth-order valence-electron chi connectivity index (χ4n) is 3.13. The first-order valence-corrected chi connectivity index (χ1v) is 6.94. The molecule has 0 aromatic heterocycles. The predicted octanol–water partition coefficient (Wildman–Crippen LogP) is 1.21. The summed E-state index contributed by atoms with van der Waals surface area (Å²) in [5.74, 6) is -0.168. The van der Waals surface area contributed by atoms with Crippen molar-refractivity contribution in [2.45, 2.75) is 44.6 Å². The van der Waals surface area contributed by atoms with Crippen molar-refractivity contribution >= 4 is 5.91 Å². The van der Waals surface area contributed by atoms with Gasteiger partial charge in [-0.1, -0.05) is 13.3 Å². The van der Waals surface area contributed by atoms with Gasteiger partial charge in [0.05, 0.1) is 6.54 Å². The highest BCUT2D eigenvalue weighted by Gasteiger charge is 2.46. The second-order valence-electron chi connectivity index (χ2n) is 5.40. The molecule has 1 amide bonds. The van der Waals surface area contributed by atoms with Crippen molar-refractivity contribution < 1.29 is 13.6 Å². The van der Waals surface area contributed by atoms with Gasteiger partial charge in [-0.15, -0.1) is 0 Å². The summed E-state index contributed by atoms with van der Waals surface area (Å²) >= 11 is 0. The molecule has 112 valence electrons. The minimum absolute atomic E-state index is 0.144. The van der Waals surface area contributed by atoms with E-state index in [9.17, 15) is 13.6 Å². The van der Waals surface area contributed by atoms with Crippen LogP contribution in [0.1, 0.15) is 32.6 Å². The van der Waals surface area contributed by atoms with Gasteiger partial charge in [0.2, 0.25) is 5.91 Å². The first kappa shape index (κ1) is 16.3. The van der Waals surface area contributed by atoms with Gasteiger partial charge in [0, 0.05) is 0 Å². The lowest BCUT2D eigenvalue weighted by Gasteiger charge is -2.34. The molecule has 0 aromatic carbocycles. The van der Waals surface area contributed by atoms with Crippen LogP contribution in [0.2, 0.25) is 0 Å². The van der Waals surface area contributed by atoms with Gasteiger partial charge in [-0.25, -0.2) is 8.78 Å². The summed E-state index contributed by atoms with van der Waals surface area (Å²) in [6, 6.07) is 0. The van der Waals surface area contributed by atoms with Gasteiger partial charge in [0.1, 0.15) is 5.54 Å². The number of likely N-dealkylation sites (N-methyl/N-ethyl adjacent to an activating group) is 1. The molecule has 0 aliphatic heterocycles. The Morgan fingerprint density at radius 1 is 1.58 bits per heavy atom. The molecule has 1 saturated carbocycles. The monoisotopic (exact) mass is 277 g/mol. The van der Waals surface area contributed by atoms with Crippen molar-refractivity contribution in [3.8, 4) is 0 Å². The largest absolute Gasteiger partial charge is 0.368 e. The molecule has 2 unspecified atom stereocenters. The topological polar surface area (TPSA) is 58.4 Å². The van der Waals surface area contributed by atoms with Crippen LogP contribution < -0.4 is 11.1 Å². The Balaban J connectivity index is 2.57. The summed E-state index contributed by atoms with van der Waals surface area (Å²) in [7, 11) is 1.68. The maximum absolute atomic E-state index is 12.3. The quantitative estimate of drug-likeness (QED) is 0.701. The average molecular weight is 277 g/mol. The molecule has 4 nitrogen and oxygen atoms in total. The summed E-state index contributed by atoms with van der Waals surface area (Å²) in [5.41, 5.74) is 4.92. The standard InChI is InChI=1S/C13H25F2N3O/c1-3-17-13(12(16)19)7-4-5-10(13)6-8-18(2)9-11(14)15/h10-11,17H,3-9H2,1-2H3,(H2,16,19). The van der Waals surface area contributed by atoms with E-state index in [1.54, 1.807) is 11.9 Å². The van der Waals surface area contributed by atoms with E-state index in [4.69, 9.17) is 5.73 Å². The van der Waals surface area contributed by atoms with Crippen molar-refractivity contribution in [1.29, 1.82) is 0 Å². The number of hydrogen-bond donors (Lipinski definition) is 2. The first-order chi connectivity index (χ1) is 8.92. The Hall–Kier alpha value is -0.750. The zero-order valence-electron chi connectivity index (χ0n) is 11.8. The van der Waals surface area contributed by atoms with Gasteiger partial charge in [0.15, 0.2) is 0 Å². The number of amides is 1. The van der Waals surface area contributed by atoms with Gasteiger partial charge < -0.3 is 16.0 Å². The number of nitrogens with zero attached hydrogens (tertiary/aromatic N) is 1. The lowest BCUT2D eigenvalue weighted by atomic mass is 9.83. The fourth-order valence-corrected chi connectivity index (χ4v) is 3.13. The lowest BCUT2D eigenvalue weighted by Crippen LogP contribution is -2.58. The molecule has 1 aliphatic rings. The first-order valence-electron chi connectivity index (χ1n) is 6.94. The van der Waals surface area contributed by atoms with Crippen molar-refractivity contribution in [2.75, 3.05) is 26.7 Å². The number of halogens is 2. The van der Waals surface area contributed by atoms with Gasteiger partial charge in [-0.2, -0.15) is 0 Å². The van der Waals surface area contributed by atoms with E-state index in [1.165, 1.54) is 0 Å². The molecule has 0 aromatic rings. The highest BCUT2D eigenvalue weighted by atomic mass is 19.3. The van der Waals surface area contributed by atoms with E-state index in [0.717, 1.165) is 25.7 Å². The van der Waals surface area contributed by atoms with Crippen LogP contribution in [0.5, 0.6) is 0 Å².